The molecule has 0 unspecified atom stereocenters. The van der Waals surface area contributed by atoms with Crippen LogP contribution < -0.4 is 10.6 Å². The van der Waals surface area contributed by atoms with Crippen LogP contribution in [0.4, 0.5) is 10.5 Å². The minimum absolute atomic E-state index is 0.0892. The topological polar surface area (TPSA) is 58.8 Å². The minimum Gasteiger partial charge on any atom is -0.448 e. The number of carbonyl (C=O) groups excluding carboxylic acids is 1. The van der Waals surface area contributed by atoms with E-state index in [1.54, 1.807) is 0 Å². The zero-order chi connectivity index (χ0) is 22.9. The molecular formula is C27H28IN3O2. The molecule has 0 bridgehead atoms. The zero-order valence-electron chi connectivity index (χ0n) is 18.8. The summed E-state index contributed by atoms with van der Waals surface area (Å²) in [7, 11) is 0. The number of anilines is 1. The molecule has 5 nitrogen and oxygen atoms in total. The van der Waals surface area contributed by atoms with Crippen LogP contribution >= 0.6 is 22.6 Å². The minimum atomic E-state index is -0.224. The highest BCUT2D eigenvalue weighted by Crippen LogP contribution is 2.44. The standard InChI is InChI=1S/C27H28IN3O2/c1-18-19(16-29)14-20(28)15-26(18)30-10-12-31(13-11-30)27(32)33-17-25-23-8-4-2-6-21(23)22-7-3-5-9-24(22)25/h2-9,14-15,25H,10-13,16-17,29H2,1H3. The lowest BCUT2D eigenvalue weighted by Gasteiger charge is -2.36. The lowest BCUT2D eigenvalue weighted by molar-refractivity contribution is 0.0977. The first-order valence-electron chi connectivity index (χ1n) is 11.4. The van der Waals surface area contributed by atoms with E-state index in [0.29, 0.717) is 26.2 Å². The van der Waals surface area contributed by atoms with Crippen LogP contribution in [0.15, 0.2) is 60.7 Å². The Morgan fingerprint density at radius 3 is 2.21 bits per heavy atom. The van der Waals surface area contributed by atoms with Crippen LogP contribution in [0.5, 0.6) is 0 Å². The van der Waals surface area contributed by atoms with Gasteiger partial charge < -0.3 is 20.3 Å². The second-order valence-electron chi connectivity index (χ2n) is 8.69. The Bertz CT molecular complexity index is 1140. The van der Waals surface area contributed by atoms with Gasteiger partial charge in [0.15, 0.2) is 0 Å². The van der Waals surface area contributed by atoms with Crippen LogP contribution in [0.3, 0.4) is 0 Å². The van der Waals surface area contributed by atoms with Crippen LogP contribution in [0.1, 0.15) is 28.2 Å². The average Bonchev–Trinajstić information content (AvgIpc) is 3.17. The van der Waals surface area contributed by atoms with Crippen molar-refractivity contribution in [3.05, 3.63) is 86.5 Å². The highest BCUT2D eigenvalue weighted by molar-refractivity contribution is 14.1. The summed E-state index contributed by atoms with van der Waals surface area (Å²) in [5.74, 6) is 0.0892. The first-order valence-corrected chi connectivity index (χ1v) is 12.5. The fourth-order valence-electron chi connectivity index (χ4n) is 5.08. The fraction of sp³-hybridized carbons (Fsp3) is 0.296. The molecule has 0 spiro atoms. The Morgan fingerprint density at radius 2 is 1.61 bits per heavy atom. The van der Waals surface area contributed by atoms with E-state index < -0.39 is 0 Å². The molecule has 3 aromatic carbocycles. The molecule has 170 valence electrons. The summed E-state index contributed by atoms with van der Waals surface area (Å²) < 4.78 is 7.04. The normalized spacial score (nSPS) is 15.4. The lowest BCUT2D eigenvalue weighted by Crippen LogP contribution is -2.49. The summed E-state index contributed by atoms with van der Waals surface area (Å²) in [4.78, 5) is 17.1. The van der Waals surface area contributed by atoms with Crippen molar-refractivity contribution < 1.29 is 9.53 Å². The summed E-state index contributed by atoms with van der Waals surface area (Å²) >= 11 is 2.35. The van der Waals surface area contributed by atoms with Gasteiger partial charge in [-0.15, -0.1) is 0 Å². The van der Waals surface area contributed by atoms with E-state index in [4.69, 9.17) is 10.5 Å². The van der Waals surface area contributed by atoms with Gasteiger partial charge in [0.1, 0.15) is 6.61 Å². The molecule has 5 rings (SSSR count). The monoisotopic (exact) mass is 553 g/mol. The van der Waals surface area contributed by atoms with Gasteiger partial charge in [0.25, 0.3) is 0 Å². The lowest BCUT2D eigenvalue weighted by atomic mass is 9.98. The number of fused-ring (bicyclic) bond motifs is 3. The molecule has 0 aromatic heterocycles. The van der Waals surface area contributed by atoms with Gasteiger partial charge in [0.05, 0.1) is 0 Å². The predicted molar refractivity (Wildman–Crippen MR) is 141 cm³/mol. The molecular weight excluding hydrogens is 525 g/mol. The summed E-state index contributed by atoms with van der Waals surface area (Å²) in [5.41, 5.74) is 14.5. The van der Waals surface area contributed by atoms with Gasteiger partial charge in [0, 0.05) is 47.9 Å². The molecule has 6 heteroatoms. The Labute approximate surface area is 208 Å². The number of rotatable bonds is 4. The Kier molecular flexibility index (Phi) is 6.29. The number of hydrogen-bond donors (Lipinski definition) is 1. The first-order chi connectivity index (χ1) is 16.1. The summed E-state index contributed by atoms with van der Waals surface area (Å²) in [6.07, 6.45) is -0.224. The molecule has 0 radical (unpaired) electrons. The van der Waals surface area contributed by atoms with E-state index in [2.05, 4.69) is 95.1 Å². The molecule has 1 saturated heterocycles. The molecule has 2 aliphatic rings. The van der Waals surface area contributed by atoms with Crippen LogP contribution in [0.2, 0.25) is 0 Å². The van der Waals surface area contributed by atoms with Crippen molar-refractivity contribution in [3.63, 3.8) is 0 Å². The third kappa shape index (κ3) is 4.22. The third-order valence-corrected chi connectivity index (χ3v) is 7.51. The Morgan fingerprint density at radius 1 is 1.00 bits per heavy atom. The molecule has 1 heterocycles. The average molecular weight is 553 g/mol. The number of nitrogens with two attached hydrogens (primary N) is 1. The van der Waals surface area contributed by atoms with Gasteiger partial charge in [-0.05, 0) is 75.0 Å². The number of amides is 1. The number of hydrogen-bond acceptors (Lipinski definition) is 4. The van der Waals surface area contributed by atoms with Crippen molar-refractivity contribution in [2.45, 2.75) is 19.4 Å². The Hall–Kier alpha value is -2.58. The second kappa shape index (κ2) is 9.35. The number of ether oxygens (including phenoxy) is 1. The van der Waals surface area contributed by atoms with E-state index in [1.807, 2.05) is 4.90 Å². The summed E-state index contributed by atoms with van der Waals surface area (Å²) in [5, 5.41) is 0. The van der Waals surface area contributed by atoms with Gasteiger partial charge >= 0.3 is 6.09 Å². The van der Waals surface area contributed by atoms with Gasteiger partial charge in [-0.1, -0.05) is 48.5 Å². The van der Waals surface area contributed by atoms with Gasteiger partial charge in [-0.3, -0.25) is 0 Å². The van der Waals surface area contributed by atoms with Crippen molar-refractivity contribution >= 4 is 34.4 Å². The molecule has 0 saturated carbocycles. The summed E-state index contributed by atoms with van der Waals surface area (Å²) in [6.45, 7) is 5.91. The molecule has 0 atom stereocenters. The molecule has 1 aliphatic carbocycles. The van der Waals surface area contributed by atoms with E-state index in [1.165, 1.54) is 42.6 Å². The van der Waals surface area contributed by atoms with Gasteiger partial charge in [-0.25, -0.2) is 4.79 Å². The van der Waals surface area contributed by atoms with Crippen LogP contribution in [0.25, 0.3) is 11.1 Å². The maximum absolute atomic E-state index is 12.9. The van der Waals surface area contributed by atoms with E-state index in [0.717, 1.165) is 13.1 Å². The maximum Gasteiger partial charge on any atom is 0.409 e. The SMILES string of the molecule is Cc1c(CN)cc(I)cc1N1CCN(C(=O)OCC2c3ccccc3-c3ccccc32)CC1. The molecule has 1 aliphatic heterocycles. The molecule has 1 fully saturated rings. The molecule has 2 N–H and O–H groups in total. The third-order valence-electron chi connectivity index (χ3n) is 6.89. The quantitative estimate of drug-likeness (QED) is 0.456. The number of benzene rings is 3. The van der Waals surface area contributed by atoms with Crippen LogP contribution in [-0.4, -0.2) is 43.8 Å². The van der Waals surface area contributed by atoms with Crippen LogP contribution in [0, 0.1) is 10.5 Å². The number of nitrogens with zero attached hydrogens (tertiary/aromatic N) is 2. The predicted octanol–water partition coefficient (Wildman–Crippen LogP) is 5.13. The smallest absolute Gasteiger partial charge is 0.409 e. The molecule has 33 heavy (non-hydrogen) atoms. The number of halogens is 1. The molecule has 1 amide bonds. The van der Waals surface area contributed by atoms with Gasteiger partial charge in [0.2, 0.25) is 0 Å². The highest BCUT2D eigenvalue weighted by Gasteiger charge is 2.30. The fourth-order valence-corrected chi connectivity index (χ4v) is 5.75. The number of carbonyl (C=O) groups is 1. The molecule has 3 aromatic rings. The highest BCUT2D eigenvalue weighted by atomic mass is 127. The van der Waals surface area contributed by atoms with Crippen molar-refractivity contribution in [3.8, 4) is 11.1 Å². The first kappa shape index (κ1) is 22.2. The Balaban J connectivity index is 1.23. The van der Waals surface area contributed by atoms with Crippen molar-refractivity contribution in [1.82, 2.24) is 4.90 Å². The van der Waals surface area contributed by atoms with Crippen LogP contribution in [-0.2, 0) is 11.3 Å². The van der Waals surface area contributed by atoms with Crippen molar-refractivity contribution in [2.24, 2.45) is 5.73 Å². The second-order valence-corrected chi connectivity index (χ2v) is 9.94. The van der Waals surface area contributed by atoms with Gasteiger partial charge in [-0.2, -0.15) is 0 Å². The zero-order valence-corrected chi connectivity index (χ0v) is 20.9. The van der Waals surface area contributed by atoms with E-state index >= 15 is 0 Å². The largest absolute Gasteiger partial charge is 0.448 e. The van der Waals surface area contributed by atoms with E-state index in [-0.39, 0.29) is 12.0 Å². The maximum atomic E-state index is 12.9. The van der Waals surface area contributed by atoms with Crippen molar-refractivity contribution in [1.29, 1.82) is 0 Å². The van der Waals surface area contributed by atoms with Crippen molar-refractivity contribution in [2.75, 3.05) is 37.7 Å². The summed E-state index contributed by atoms with van der Waals surface area (Å²) in [6, 6.07) is 21.2. The van der Waals surface area contributed by atoms with E-state index in [9.17, 15) is 4.79 Å². The number of piperazine rings is 1.